The lowest BCUT2D eigenvalue weighted by Crippen LogP contribution is -2.12. The maximum Gasteiger partial charge on any atom is 0.354 e. The lowest BCUT2D eigenvalue weighted by Gasteiger charge is -2.10. The van der Waals surface area contributed by atoms with Crippen molar-refractivity contribution in [3.63, 3.8) is 0 Å². The summed E-state index contributed by atoms with van der Waals surface area (Å²) in [6.45, 7) is 1.13. The smallest absolute Gasteiger partial charge is 0.354 e. The quantitative estimate of drug-likeness (QED) is 0.614. The first-order chi connectivity index (χ1) is 11.9. The fourth-order valence-electron chi connectivity index (χ4n) is 2.75. The average Bonchev–Trinajstić information content (AvgIpc) is 3.08. The molecule has 0 saturated heterocycles. The molecular formula is C18H18Cl2N2O3. The van der Waals surface area contributed by atoms with Gasteiger partial charge in [-0.05, 0) is 31.8 Å². The molecule has 0 saturated carbocycles. The van der Waals surface area contributed by atoms with Crippen LogP contribution in [0.1, 0.15) is 21.8 Å². The van der Waals surface area contributed by atoms with Crippen molar-refractivity contribution in [3.05, 3.63) is 57.4 Å². The molecule has 132 valence electrons. The van der Waals surface area contributed by atoms with Crippen LogP contribution in [0.3, 0.4) is 0 Å². The van der Waals surface area contributed by atoms with E-state index >= 15 is 0 Å². The zero-order valence-electron chi connectivity index (χ0n) is 14.2. The normalized spacial score (nSPS) is 11.4. The summed E-state index contributed by atoms with van der Waals surface area (Å²) in [5.41, 5.74) is 2.84. The van der Waals surface area contributed by atoms with Crippen molar-refractivity contribution in [3.8, 4) is 0 Å². The minimum absolute atomic E-state index is 0.416. The highest BCUT2D eigenvalue weighted by molar-refractivity contribution is 6.42. The third kappa shape index (κ3) is 3.68. The number of esters is 1. The summed E-state index contributed by atoms with van der Waals surface area (Å²) in [4.78, 5) is 14.2. The Labute approximate surface area is 155 Å². The molecule has 0 N–H and O–H groups in total. The van der Waals surface area contributed by atoms with Gasteiger partial charge in [0.15, 0.2) is 5.58 Å². The lowest BCUT2D eigenvalue weighted by atomic mass is 10.2. The Balaban J connectivity index is 2.06. The van der Waals surface area contributed by atoms with Gasteiger partial charge in [0.05, 0.1) is 29.2 Å². The van der Waals surface area contributed by atoms with E-state index in [0.29, 0.717) is 34.4 Å². The molecule has 0 atom stereocenters. The first kappa shape index (κ1) is 17.9. The highest BCUT2D eigenvalue weighted by atomic mass is 35.5. The van der Waals surface area contributed by atoms with Gasteiger partial charge in [-0.3, -0.25) is 0 Å². The second kappa shape index (κ2) is 7.12. The number of methoxy groups -OCH3 is 1. The van der Waals surface area contributed by atoms with Gasteiger partial charge in [0.2, 0.25) is 0 Å². The van der Waals surface area contributed by atoms with E-state index < -0.39 is 5.97 Å². The number of hydrogen-bond acceptors (Lipinski definition) is 4. The highest BCUT2D eigenvalue weighted by Gasteiger charge is 2.20. The molecule has 2 heterocycles. The molecule has 2 aromatic heterocycles. The van der Waals surface area contributed by atoms with Crippen molar-refractivity contribution in [1.82, 2.24) is 9.47 Å². The van der Waals surface area contributed by atoms with Crippen LogP contribution in [0, 0.1) is 0 Å². The van der Waals surface area contributed by atoms with Gasteiger partial charge in [0.25, 0.3) is 0 Å². The van der Waals surface area contributed by atoms with E-state index in [1.807, 2.05) is 35.7 Å². The molecule has 0 spiro atoms. The summed E-state index contributed by atoms with van der Waals surface area (Å²) in [5.74, 6) is 0.412. The van der Waals surface area contributed by atoms with Gasteiger partial charge >= 0.3 is 5.97 Å². The maximum absolute atomic E-state index is 12.1. The van der Waals surface area contributed by atoms with Crippen molar-refractivity contribution >= 4 is 40.3 Å². The number of nitrogens with zero attached hydrogens (tertiary/aromatic N) is 2. The molecule has 0 radical (unpaired) electrons. The van der Waals surface area contributed by atoms with Crippen LogP contribution in [0.2, 0.25) is 10.0 Å². The number of hydrogen-bond donors (Lipinski definition) is 0. The summed E-state index contributed by atoms with van der Waals surface area (Å²) in [6, 6.07) is 9.06. The van der Waals surface area contributed by atoms with Crippen LogP contribution in [0.4, 0.5) is 0 Å². The number of rotatable bonds is 5. The van der Waals surface area contributed by atoms with E-state index in [-0.39, 0.29) is 0 Å². The SMILES string of the molecule is COC(=O)c1cc2oc(CN(C)C)cc2n1Cc1ccc(Cl)c(Cl)c1. The minimum Gasteiger partial charge on any atom is -0.464 e. The van der Waals surface area contributed by atoms with Crippen LogP contribution in [0.5, 0.6) is 0 Å². The Bertz CT molecular complexity index is 928. The molecule has 7 heteroatoms. The summed E-state index contributed by atoms with van der Waals surface area (Å²) in [7, 11) is 5.30. The summed E-state index contributed by atoms with van der Waals surface area (Å²) < 4.78 is 12.6. The maximum atomic E-state index is 12.1. The molecule has 0 bridgehead atoms. The molecule has 0 aliphatic rings. The number of carbonyl (C=O) groups excluding carboxylic acids is 1. The molecule has 25 heavy (non-hydrogen) atoms. The second-order valence-corrected chi connectivity index (χ2v) is 6.87. The standard InChI is InChI=1S/C18H18Cl2N2O3/c1-21(2)10-12-7-15-17(25-12)8-16(18(23)24-3)22(15)9-11-4-5-13(19)14(20)6-11/h4-8H,9-10H2,1-3H3. The van der Waals surface area contributed by atoms with Crippen molar-refractivity contribution in [2.24, 2.45) is 0 Å². The second-order valence-electron chi connectivity index (χ2n) is 6.06. The van der Waals surface area contributed by atoms with Crippen LogP contribution in [0.25, 0.3) is 11.1 Å². The van der Waals surface area contributed by atoms with Crippen LogP contribution >= 0.6 is 23.2 Å². The molecule has 0 fully saturated rings. The minimum atomic E-state index is -0.416. The van der Waals surface area contributed by atoms with Crippen LogP contribution in [-0.2, 0) is 17.8 Å². The van der Waals surface area contributed by atoms with Crippen molar-refractivity contribution in [1.29, 1.82) is 0 Å². The first-order valence-electron chi connectivity index (χ1n) is 7.68. The number of halogens is 2. The van der Waals surface area contributed by atoms with E-state index in [4.69, 9.17) is 32.4 Å². The van der Waals surface area contributed by atoms with Gasteiger partial charge in [-0.1, -0.05) is 29.3 Å². The van der Waals surface area contributed by atoms with Crippen LogP contribution < -0.4 is 0 Å². The van der Waals surface area contributed by atoms with Crippen LogP contribution in [0.15, 0.2) is 34.7 Å². The fourth-order valence-corrected chi connectivity index (χ4v) is 3.07. The number of fused-ring (bicyclic) bond motifs is 1. The molecule has 0 amide bonds. The molecule has 3 rings (SSSR count). The number of ether oxygens (including phenoxy) is 1. The van der Waals surface area contributed by atoms with Gasteiger partial charge in [-0.2, -0.15) is 0 Å². The monoisotopic (exact) mass is 380 g/mol. The Kier molecular flexibility index (Phi) is 5.08. The zero-order valence-corrected chi connectivity index (χ0v) is 15.7. The number of furan rings is 1. The Morgan fingerprint density at radius 3 is 2.60 bits per heavy atom. The van der Waals surface area contributed by atoms with Gasteiger partial charge in [0.1, 0.15) is 11.5 Å². The first-order valence-corrected chi connectivity index (χ1v) is 8.43. The van der Waals surface area contributed by atoms with Crippen molar-refractivity contribution < 1.29 is 13.9 Å². The van der Waals surface area contributed by atoms with Gasteiger partial charge < -0.3 is 18.6 Å². The summed E-state index contributed by atoms with van der Waals surface area (Å²) in [6.07, 6.45) is 0. The molecule has 0 aliphatic carbocycles. The third-order valence-electron chi connectivity index (χ3n) is 3.83. The van der Waals surface area contributed by atoms with Gasteiger partial charge in [-0.15, -0.1) is 0 Å². The van der Waals surface area contributed by atoms with Crippen molar-refractivity contribution in [2.45, 2.75) is 13.1 Å². The predicted octanol–water partition coefficient (Wildman–Crippen LogP) is 4.44. The van der Waals surface area contributed by atoms with Gasteiger partial charge in [0, 0.05) is 18.7 Å². The molecule has 1 aromatic carbocycles. The Hall–Kier alpha value is -1.95. The van der Waals surface area contributed by atoms with E-state index in [0.717, 1.165) is 16.8 Å². The average molecular weight is 381 g/mol. The van der Waals surface area contributed by atoms with E-state index in [1.54, 1.807) is 18.2 Å². The third-order valence-corrected chi connectivity index (χ3v) is 4.57. The van der Waals surface area contributed by atoms with Gasteiger partial charge in [-0.25, -0.2) is 4.79 Å². The van der Waals surface area contributed by atoms with E-state index in [1.165, 1.54) is 7.11 Å². The Morgan fingerprint density at radius 2 is 1.96 bits per heavy atom. The van der Waals surface area contributed by atoms with Crippen molar-refractivity contribution in [2.75, 3.05) is 21.2 Å². The van der Waals surface area contributed by atoms with E-state index in [9.17, 15) is 4.79 Å². The van der Waals surface area contributed by atoms with Crippen LogP contribution in [-0.4, -0.2) is 36.6 Å². The highest BCUT2D eigenvalue weighted by Crippen LogP contribution is 2.28. The number of aromatic nitrogens is 1. The lowest BCUT2D eigenvalue weighted by molar-refractivity contribution is 0.0589. The Morgan fingerprint density at radius 1 is 1.20 bits per heavy atom. The molecular weight excluding hydrogens is 363 g/mol. The summed E-state index contributed by atoms with van der Waals surface area (Å²) >= 11 is 12.1. The predicted molar refractivity (Wildman–Crippen MR) is 98.5 cm³/mol. The van der Waals surface area contributed by atoms with E-state index in [2.05, 4.69) is 0 Å². The number of benzene rings is 1. The topological polar surface area (TPSA) is 47.6 Å². The molecule has 0 unspecified atom stereocenters. The zero-order chi connectivity index (χ0) is 18.1. The largest absolute Gasteiger partial charge is 0.464 e. The number of carbonyl (C=O) groups is 1. The summed E-state index contributed by atoms with van der Waals surface area (Å²) in [5, 5.41) is 0.968. The molecule has 5 nitrogen and oxygen atoms in total. The molecule has 0 aliphatic heterocycles. The fraction of sp³-hybridized carbons (Fsp3) is 0.278. The molecule has 3 aromatic rings.